The molecule has 4 heterocycles. The quantitative estimate of drug-likeness (QED) is 0.147. The van der Waals surface area contributed by atoms with Crippen molar-refractivity contribution in [3.8, 4) is 22.8 Å². The summed E-state index contributed by atoms with van der Waals surface area (Å²) in [6.07, 6.45) is 3.32. The number of rotatable bonds is 8. The van der Waals surface area contributed by atoms with Crippen molar-refractivity contribution in [2.24, 2.45) is 0 Å². The molecule has 0 spiro atoms. The van der Waals surface area contributed by atoms with E-state index in [1.165, 1.54) is 12.0 Å². The number of nitrogens with zero attached hydrogens (tertiary/aromatic N) is 4. The lowest BCUT2D eigenvalue weighted by atomic mass is 10.0. The van der Waals surface area contributed by atoms with Crippen molar-refractivity contribution in [3.63, 3.8) is 0 Å². The normalized spacial score (nSPS) is 17.6. The number of nitrogens with one attached hydrogen (secondary N) is 3. The van der Waals surface area contributed by atoms with Crippen LogP contribution in [0.5, 0.6) is 0 Å². The van der Waals surface area contributed by atoms with Crippen LogP contribution in [0.15, 0.2) is 77.3 Å². The highest BCUT2D eigenvalue weighted by molar-refractivity contribution is 5.99. The third-order valence-electron chi connectivity index (χ3n) is 9.90. The van der Waals surface area contributed by atoms with Crippen LogP contribution >= 0.6 is 0 Å². The van der Waals surface area contributed by atoms with E-state index in [1.54, 1.807) is 35.4 Å². The van der Waals surface area contributed by atoms with Crippen LogP contribution in [-0.2, 0) is 19.1 Å². The SMILES string of the molecule is COC(=O)N[C@@H](C(=O)N1CCC[C@H]1C(=O)Nc1cc(-c2cnc(-c3ccc4nc([C@@H]5CCCN5C(=O)OC(C)(C)C)[nH]c4c3)o2)ccc1C)c1ccccc1. The molecule has 0 unspecified atom stereocenters. The maximum Gasteiger partial charge on any atom is 0.410 e. The lowest BCUT2D eigenvalue weighted by molar-refractivity contribution is -0.138. The van der Waals surface area contributed by atoms with Gasteiger partial charge in [0.15, 0.2) is 5.76 Å². The van der Waals surface area contributed by atoms with Gasteiger partial charge < -0.3 is 34.4 Å². The zero-order valence-electron chi connectivity index (χ0n) is 31.5. The van der Waals surface area contributed by atoms with Crippen molar-refractivity contribution in [1.82, 2.24) is 30.1 Å². The highest BCUT2D eigenvalue weighted by Crippen LogP contribution is 2.35. The van der Waals surface area contributed by atoms with Gasteiger partial charge in [-0.25, -0.2) is 19.6 Å². The number of aromatic amines is 1. The van der Waals surface area contributed by atoms with E-state index in [0.29, 0.717) is 60.2 Å². The molecule has 3 N–H and O–H groups in total. The summed E-state index contributed by atoms with van der Waals surface area (Å²) >= 11 is 0. The van der Waals surface area contributed by atoms with Gasteiger partial charge in [-0.3, -0.25) is 14.5 Å². The molecule has 286 valence electrons. The third-order valence-corrected chi connectivity index (χ3v) is 9.90. The maximum atomic E-state index is 13.8. The van der Waals surface area contributed by atoms with E-state index in [1.807, 2.05) is 70.2 Å². The van der Waals surface area contributed by atoms with Crippen molar-refractivity contribution in [3.05, 3.63) is 89.9 Å². The maximum absolute atomic E-state index is 13.8. The molecule has 14 heteroatoms. The molecule has 0 saturated carbocycles. The minimum Gasteiger partial charge on any atom is -0.453 e. The fourth-order valence-electron chi connectivity index (χ4n) is 7.16. The second-order valence-corrected chi connectivity index (χ2v) is 14.9. The van der Waals surface area contributed by atoms with E-state index < -0.39 is 23.8 Å². The first kappa shape index (κ1) is 37.1. The van der Waals surface area contributed by atoms with Gasteiger partial charge >= 0.3 is 12.2 Å². The first-order chi connectivity index (χ1) is 26.4. The van der Waals surface area contributed by atoms with Gasteiger partial charge in [-0.1, -0.05) is 42.5 Å². The lowest BCUT2D eigenvalue weighted by Crippen LogP contribution is -2.48. The minimum atomic E-state index is -1.01. The number of benzene rings is 3. The zero-order chi connectivity index (χ0) is 38.9. The number of fused-ring (bicyclic) bond motifs is 1. The van der Waals surface area contributed by atoms with Gasteiger partial charge in [0.1, 0.15) is 23.5 Å². The molecular formula is C41H45N7O7. The van der Waals surface area contributed by atoms with Gasteiger partial charge in [0, 0.05) is 29.9 Å². The van der Waals surface area contributed by atoms with Crippen molar-refractivity contribution in [2.75, 3.05) is 25.5 Å². The average molecular weight is 748 g/mol. The van der Waals surface area contributed by atoms with E-state index in [9.17, 15) is 19.2 Å². The number of hydrogen-bond donors (Lipinski definition) is 3. The number of aromatic nitrogens is 3. The molecule has 0 bridgehead atoms. The van der Waals surface area contributed by atoms with Gasteiger partial charge in [-0.2, -0.15) is 0 Å². The fourth-order valence-corrected chi connectivity index (χ4v) is 7.16. The molecule has 0 aliphatic carbocycles. The Morgan fingerprint density at radius 2 is 1.69 bits per heavy atom. The molecule has 2 aliphatic rings. The second-order valence-electron chi connectivity index (χ2n) is 14.9. The number of likely N-dealkylation sites (tertiary alicyclic amines) is 2. The number of ether oxygens (including phenoxy) is 2. The van der Waals surface area contributed by atoms with E-state index in [0.717, 1.165) is 35.0 Å². The predicted molar refractivity (Wildman–Crippen MR) is 205 cm³/mol. The summed E-state index contributed by atoms with van der Waals surface area (Å²) in [4.78, 5) is 68.7. The number of alkyl carbamates (subject to hydrolysis) is 1. The number of anilines is 1. The second kappa shape index (κ2) is 15.3. The van der Waals surface area contributed by atoms with Gasteiger partial charge in [0.25, 0.3) is 5.91 Å². The first-order valence-corrected chi connectivity index (χ1v) is 18.5. The summed E-state index contributed by atoms with van der Waals surface area (Å²) in [6, 6.07) is 18.3. The van der Waals surface area contributed by atoms with Crippen LogP contribution in [0.4, 0.5) is 15.3 Å². The number of imidazole rings is 1. The van der Waals surface area contributed by atoms with E-state index in [-0.39, 0.29) is 23.9 Å². The standard InChI is InChI=1S/C41H45N7O7/c1-24-15-16-26(21-29(24)45-36(49)32-14-10-19-47(32)38(50)34(46-39(51)53-5)25-11-7-6-8-12-25)33-23-42-37(54-33)27-17-18-28-30(22-27)44-35(43-28)31-13-9-20-48(31)40(52)55-41(2,3)4/h6-8,11-12,15-18,21-23,31-32,34H,9-10,13-14,19-20H2,1-5H3,(H,43,44)(H,45,49)(H,46,51)/t31-,32-,34+/m0/s1. The van der Waals surface area contributed by atoms with Crippen molar-refractivity contribution in [1.29, 1.82) is 0 Å². The average Bonchev–Trinajstić information content (AvgIpc) is 4.00. The molecule has 4 amide bonds. The Kier molecular flexibility index (Phi) is 10.3. The van der Waals surface area contributed by atoms with Crippen LogP contribution in [0, 0.1) is 6.92 Å². The minimum absolute atomic E-state index is 0.206. The van der Waals surface area contributed by atoms with Gasteiger partial charge in [0.2, 0.25) is 11.8 Å². The predicted octanol–water partition coefficient (Wildman–Crippen LogP) is 7.29. The van der Waals surface area contributed by atoms with Crippen molar-refractivity contribution < 1.29 is 33.1 Å². The molecule has 2 aromatic heterocycles. The van der Waals surface area contributed by atoms with Crippen LogP contribution in [-0.4, -0.2) is 80.6 Å². The summed E-state index contributed by atoms with van der Waals surface area (Å²) in [7, 11) is 1.24. The highest BCUT2D eigenvalue weighted by atomic mass is 16.6. The molecule has 2 saturated heterocycles. The Hall–Kier alpha value is -6.18. The number of H-pyrrole nitrogens is 1. The summed E-state index contributed by atoms with van der Waals surface area (Å²) in [6.45, 7) is 8.44. The van der Waals surface area contributed by atoms with Gasteiger partial charge in [-0.15, -0.1) is 0 Å². The van der Waals surface area contributed by atoms with Gasteiger partial charge in [0.05, 0.1) is 30.4 Å². The molecule has 3 atom stereocenters. The summed E-state index contributed by atoms with van der Waals surface area (Å²) in [5.41, 5.74) is 4.40. The molecule has 3 aromatic carbocycles. The van der Waals surface area contributed by atoms with Crippen LogP contribution in [0.2, 0.25) is 0 Å². The highest BCUT2D eigenvalue weighted by Gasteiger charge is 2.39. The molecular weight excluding hydrogens is 702 g/mol. The van der Waals surface area contributed by atoms with E-state index in [4.69, 9.17) is 18.9 Å². The summed E-state index contributed by atoms with van der Waals surface area (Å²) in [5, 5.41) is 5.66. The third kappa shape index (κ3) is 8.03. The molecule has 55 heavy (non-hydrogen) atoms. The number of hydrogen-bond acceptors (Lipinski definition) is 9. The summed E-state index contributed by atoms with van der Waals surface area (Å²) < 4.78 is 16.7. The Morgan fingerprint density at radius 1 is 0.945 bits per heavy atom. The molecule has 14 nitrogen and oxygen atoms in total. The molecule has 0 radical (unpaired) electrons. The number of carbonyl (C=O) groups excluding carboxylic acids is 4. The number of carbonyl (C=O) groups is 4. The largest absolute Gasteiger partial charge is 0.453 e. The van der Waals surface area contributed by atoms with Crippen molar-refractivity contribution in [2.45, 2.75) is 77.1 Å². The van der Waals surface area contributed by atoms with Crippen molar-refractivity contribution >= 4 is 40.7 Å². The Labute approximate surface area is 318 Å². The number of methoxy groups -OCH3 is 1. The lowest BCUT2D eigenvalue weighted by Gasteiger charge is -2.29. The topological polar surface area (TPSA) is 172 Å². The fraction of sp³-hybridized carbons (Fsp3) is 0.366. The first-order valence-electron chi connectivity index (χ1n) is 18.5. The Bertz CT molecular complexity index is 2220. The van der Waals surface area contributed by atoms with Crippen LogP contribution in [0.1, 0.15) is 75.5 Å². The van der Waals surface area contributed by atoms with E-state index >= 15 is 0 Å². The smallest absolute Gasteiger partial charge is 0.410 e. The zero-order valence-corrected chi connectivity index (χ0v) is 31.5. The van der Waals surface area contributed by atoms with Crippen LogP contribution in [0.25, 0.3) is 33.8 Å². The monoisotopic (exact) mass is 747 g/mol. The molecule has 5 aromatic rings. The van der Waals surface area contributed by atoms with Crippen LogP contribution < -0.4 is 10.6 Å². The van der Waals surface area contributed by atoms with Crippen LogP contribution in [0.3, 0.4) is 0 Å². The Balaban J connectivity index is 1.06. The number of oxazole rings is 1. The number of amides is 4. The molecule has 7 rings (SSSR count). The number of aryl methyl sites for hydroxylation is 1. The van der Waals surface area contributed by atoms with E-state index in [2.05, 4.69) is 20.6 Å². The molecule has 2 fully saturated rings. The molecule has 2 aliphatic heterocycles. The summed E-state index contributed by atoms with van der Waals surface area (Å²) in [5.74, 6) is 0.904. The Morgan fingerprint density at radius 3 is 2.45 bits per heavy atom. The van der Waals surface area contributed by atoms with Gasteiger partial charge in [-0.05, 0) is 88.8 Å².